The van der Waals surface area contributed by atoms with Crippen molar-refractivity contribution in [2.24, 2.45) is 16.6 Å². The van der Waals surface area contributed by atoms with Crippen LogP contribution in [0.5, 0.6) is 0 Å². The van der Waals surface area contributed by atoms with Gasteiger partial charge in [0.1, 0.15) is 5.78 Å². The molecule has 0 bridgehead atoms. The first-order valence-corrected chi connectivity index (χ1v) is 10.0. The summed E-state index contributed by atoms with van der Waals surface area (Å²) in [7, 11) is 0. The maximum atomic E-state index is 12.0. The van der Waals surface area contributed by atoms with Crippen LogP contribution in [0.2, 0.25) is 0 Å². The van der Waals surface area contributed by atoms with Crippen molar-refractivity contribution < 1.29 is 17.2 Å². The van der Waals surface area contributed by atoms with Crippen LogP contribution in [0.3, 0.4) is 0 Å². The molecule has 0 saturated carbocycles. The molecule has 0 aromatic heterocycles. The molecule has 5 nitrogen and oxygen atoms in total. The number of Topliss-reactive ketones (excluding diaryl/α,β-unsaturated/α-hetero) is 2. The van der Waals surface area contributed by atoms with Gasteiger partial charge in [-0.3, -0.25) is 14.4 Å². The van der Waals surface area contributed by atoms with Gasteiger partial charge in [-0.1, -0.05) is 48.0 Å². The van der Waals surface area contributed by atoms with E-state index in [-0.39, 0.29) is 20.0 Å². The largest absolute Gasteiger partial charge is 0.356 e. The molecule has 0 spiro atoms. The van der Waals surface area contributed by atoms with E-state index in [9.17, 15) is 14.4 Å². The topological polar surface area (TPSA) is 89.3 Å². The lowest BCUT2D eigenvalue weighted by Gasteiger charge is -2.21. The molecular formula is C21H44N2O3. The first-order chi connectivity index (χ1) is 11.9. The highest BCUT2D eigenvalue weighted by Crippen LogP contribution is 2.23. The van der Waals surface area contributed by atoms with Crippen LogP contribution in [-0.4, -0.2) is 30.1 Å². The number of hydrogen-bond donors (Lipinski definition) is 2. The zero-order valence-electron chi connectivity index (χ0n) is 17.7. The number of ketones is 2. The monoisotopic (exact) mass is 372 g/mol. The molecule has 0 aromatic carbocycles. The van der Waals surface area contributed by atoms with E-state index in [0.29, 0.717) is 31.6 Å². The Morgan fingerprint density at radius 3 is 2.08 bits per heavy atom. The third kappa shape index (κ3) is 10.0. The summed E-state index contributed by atoms with van der Waals surface area (Å²) in [6.45, 7) is 12.2. The van der Waals surface area contributed by atoms with E-state index in [1.54, 1.807) is 0 Å². The molecule has 156 valence electrons. The SMILES string of the molecule is CCC(C)(C)C(=O)CCCCNC(=O)CCCCC(N)C(=O)C(C)(C)C.[HH].[HH]. The Bertz CT molecular complexity index is 475. The molecule has 0 fully saturated rings. The molecule has 1 amide bonds. The van der Waals surface area contributed by atoms with Crippen molar-refractivity contribution in [1.29, 1.82) is 0 Å². The van der Waals surface area contributed by atoms with Gasteiger partial charge in [0.25, 0.3) is 0 Å². The van der Waals surface area contributed by atoms with E-state index in [4.69, 9.17) is 5.73 Å². The standard InChI is InChI=1S/C21H40N2O3.2H2/c1-7-21(5,6)17(24)13-10-11-15-23-18(25)14-9-8-12-16(22)19(26)20(2,3)4;;/h16H,7-15,22H2,1-6H3,(H,23,25);2*1H. The van der Waals surface area contributed by atoms with Crippen molar-refractivity contribution in [1.82, 2.24) is 5.32 Å². The van der Waals surface area contributed by atoms with Crippen molar-refractivity contribution in [2.75, 3.05) is 6.54 Å². The molecule has 0 aliphatic rings. The van der Waals surface area contributed by atoms with E-state index in [1.807, 2.05) is 41.5 Å². The van der Waals surface area contributed by atoms with Crippen LogP contribution >= 0.6 is 0 Å². The molecule has 5 heteroatoms. The Morgan fingerprint density at radius 2 is 1.54 bits per heavy atom. The quantitative estimate of drug-likeness (QED) is 0.472. The second-order valence-electron chi connectivity index (χ2n) is 8.93. The van der Waals surface area contributed by atoms with Gasteiger partial charge in [-0.2, -0.15) is 0 Å². The summed E-state index contributed by atoms with van der Waals surface area (Å²) in [5.41, 5.74) is 5.27. The minimum atomic E-state index is -0.442. The second-order valence-corrected chi connectivity index (χ2v) is 8.93. The van der Waals surface area contributed by atoms with Gasteiger partial charge in [-0.15, -0.1) is 0 Å². The highest BCUT2D eigenvalue weighted by atomic mass is 16.1. The lowest BCUT2D eigenvalue weighted by Crippen LogP contribution is -2.38. The third-order valence-electron chi connectivity index (χ3n) is 5.04. The number of carbonyl (C=O) groups excluding carboxylic acids is 3. The molecule has 0 saturated heterocycles. The molecule has 0 rings (SSSR count). The van der Waals surface area contributed by atoms with Gasteiger partial charge in [-0.05, 0) is 32.1 Å². The van der Waals surface area contributed by atoms with Gasteiger partial charge < -0.3 is 11.1 Å². The Labute approximate surface area is 162 Å². The van der Waals surface area contributed by atoms with E-state index in [2.05, 4.69) is 5.32 Å². The highest BCUT2D eigenvalue weighted by molar-refractivity contribution is 5.88. The Hall–Kier alpha value is -1.23. The maximum absolute atomic E-state index is 12.0. The molecular weight excluding hydrogens is 328 g/mol. The summed E-state index contributed by atoms with van der Waals surface area (Å²) in [6, 6.07) is -0.442. The molecule has 0 aliphatic heterocycles. The number of carbonyl (C=O) groups is 3. The second kappa shape index (κ2) is 11.5. The Kier molecular flexibility index (Phi) is 10.9. The number of rotatable bonds is 13. The van der Waals surface area contributed by atoms with Crippen LogP contribution in [0.4, 0.5) is 0 Å². The molecule has 0 aliphatic carbocycles. The maximum Gasteiger partial charge on any atom is 0.219 e. The number of hydrogen-bond acceptors (Lipinski definition) is 4. The lowest BCUT2D eigenvalue weighted by molar-refractivity contribution is -0.128. The average molecular weight is 373 g/mol. The minimum absolute atomic E-state index is 0. The van der Waals surface area contributed by atoms with Crippen molar-refractivity contribution in [3.05, 3.63) is 0 Å². The Balaban J connectivity index is -0.00000312. The summed E-state index contributed by atoms with van der Waals surface area (Å²) < 4.78 is 0. The van der Waals surface area contributed by atoms with E-state index in [1.165, 1.54) is 0 Å². The summed E-state index contributed by atoms with van der Waals surface area (Å²) in [6.07, 6.45) is 5.66. The summed E-state index contributed by atoms with van der Waals surface area (Å²) in [5.74, 6) is 0.399. The molecule has 3 N–H and O–H groups in total. The normalized spacial score (nSPS) is 13.3. The van der Waals surface area contributed by atoms with Gasteiger partial charge in [0.15, 0.2) is 5.78 Å². The van der Waals surface area contributed by atoms with Gasteiger partial charge in [0, 0.05) is 33.1 Å². The fraction of sp³-hybridized carbons (Fsp3) is 0.857. The number of nitrogens with one attached hydrogen (secondary N) is 1. The number of unbranched alkanes of at least 4 members (excludes halogenated alkanes) is 2. The molecule has 1 atom stereocenters. The van der Waals surface area contributed by atoms with Crippen molar-refractivity contribution in [3.63, 3.8) is 0 Å². The van der Waals surface area contributed by atoms with Gasteiger partial charge in [0.05, 0.1) is 6.04 Å². The minimum Gasteiger partial charge on any atom is -0.356 e. The van der Waals surface area contributed by atoms with Crippen LogP contribution in [0.1, 0.15) is 95.8 Å². The van der Waals surface area contributed by atoms with Crippen LogP contribution in [-0.2, 0) is 14.4 Å². The molecule has 0 radical (unpaired) electrons. The van der Waals surface area contributed by atoms with Crippen LogP contribution in [0.15, 0.2) is 0 Å². The molecule has 1 unspecified atom stereocenters. The first-order valence-electron chi connectivity index (χ1n) is 10.0. The van der Waals surface area contributed by atoms with E-state index in [0.717, 1.165) is 32.1 Å². The zero-order chi connectivity index (χ0) is 20.4. The van der Waals surface area contributed by atoms with E-state index >= 15 is 0 Å². The van der Waals surface area contributed by atoms with Gasteiger partial charge in [-0.25, -0.2) is 0 Å². The Morgan fingerprint density at radius 1 is 0.962 bits per heavy atom. The molecule has 26 heavy (non-hydrogen) atoms. The van der Waals surface area contributed by atoms with Gasteiger partial charge in [0.2, 0.25) is 5.91 Å². The predicted octanol–water partition coefficient (Wildman–Crippen LogP) is 4.27. The van der Waals surface area contributed by atoms with Crippen molar-refractivity contribution in [2.45, 2.75) is 99.0 Å². The molecule has 0 aromatic rings. The number of amides is 1. The number of nitrogens with two attached hydrogens (primary N) is 1. The fourth-order valence-electron chi connectivity index (χ4n) is 2.60. The lowest BCUT2D eigenvalue weighted by atomic mass is 9.83. The summed E-state index contributed by atoms with van der Waals surface area (Å²) in [5, 5.41) is 2.90. The smallest absolute Gasteiger partial charge is 0.219 e. The summed E-state index contributed by atoms with van der Waals surface area (Å²) >= 11 is 0. The molecule has 0 heterocycles. The van der Waals surface area contributed by atoms with Crippen LogP contribution < -0.4 is 11.1 Å². The van der Waals surface area contributed by atoms with Crippen molar-refractivity contribution >= 4 is 17.5 Å². The van der Waals surface area contributed by atoms with Crippen LogP contribution in [0.25, 0.3) is 0 Å². The van der Waals surface area contributed by atoms with Crippen molar-refractivity contribution in [3.8, 4) is 0 Å². The van der Waals surface area contributed by atoms with Gasteiger partial charge >= 0.3 is 0 Å². The van der Waals surface area contributed by atoms with Crippen LogP contribution in [0, 0.1) is 10.8 Å². The average Bonchev–Trinajstić information content (AvgIpc) is 2.56. The first kappa shape index (κ1) is 24.8. The third-order valence-corrected chi connectivity index (χ3v) is 5.04. The fourth-order valence-corrected chi connectivity index (χ4v) is 2.60. The zero-order valence-corrected chi connectivity index (χ0v) is 17.7. The summed E-state index contributed by atoms with van der Waals surface area (Å²) in [4.78, 5) is 35.8. The predicted molar refractivity (Wildman–Crippen MR) is 111 cm³/mol. The van der Waals surface area contributed by atoms with E-state index < -0.39 is 11.5 Å². The highest BCUT2D eigenvalue weighted by Gasteiger charge is 2.26.